The van der Waals surface area contributed by atoms with Crippen LogP contribution in [-0.2, 0) is 17.7 Å². The first kappa shape index (κ1) is 11.7. The first-order valence-electron chi connectivity index (χ1n) is 6.61. The molecular weight excluding hydrogens is 230 g/mol. The number of nitrogens with one attached hydrogen (secondary N) is 1. The molecule has 0 spiro atoms. The number of aromatic nitrogens is 1. The van der Waals surface area contributed by atoms with Crippen LogP contribution >= 0.6 is 0 Å². The lowest BCUT2D eigenvalue weighted by molar-refractivity contribution is 0.0363. The van der Waals surface area contributed by atoms with Crippen LogP contribution in [-0.4, -0.2) is 54.8 Å². The number of carbonyl (C=O) groups is 1. The van der Waals surface area contributed by atoms with Gasteiger partial charge in [-0.2, -0.15) is 0 Å². The maximum Gasteiger partial charge on any atom is 0.253 e. The average Bonchev–Trinajstić information content (AvgIpc) is 2.82. The largest absolute Gasteiger partial charge is 0.379 e. The Morgan fingerprint density at radius 2 is 2.11 bits per heavy atom. The van der Waals surface area contributed by atoms with Gasteiger partial charge < -0.3 is 14.6 Å². The Morgan fingerprint density at radius 3 is 2.94 bits per heavy atom. The van der Waals surface area contributed by atoms with E-state index in [2.05, 4.69) is 14.8 Å². The van der Waals surface area contributed by atoms with E-state index >= 15 is 0 Å². The highest BCUT2D eigenvalue weighted by molar-refractivity contribution is 5.96. The molecule has 0 atom stereocenters. The molecule has 1 N–H and O–H groups in total. The van der Waals surface area contributed by atoms with E-state index in [9.17, 15) is 4.79 Å². The summed E-state index contributed by atoms with van der Waals surface area (Å²) in [5, 5.41) is 2.88. The lowest BCUT2D eigenvalue weighted by atomic mass is 10.1. The molecule has 0 aliphatic carbocycles. The first-order chi connectivity index (χ1) is 8.84. The summed E-state index contributed by atoms with van der Waals surface area (Å²) in [5.74, 6) is 0.0707. The third-order valence-corrected chi connectivity index (χ3v) is 3.73. The van der Waals surface area contributed by atoms with Crippen LogP contribution in [0.4, 0.5) is 0 Å². The van der Waals surface area contributed by atoms with Gasteiger partial charge in [-0.3, -0.25) is 9.69 Å². The van der Waals surface area contributed by atoms with E-state index in [1.807, 2.05) is 12.3 Å². The SMILES string of the molecule is O=C1NCCc2c1ccn2CCN1CCOCC1. The summed E-state index contributed by atoms with van der Waals surface area (Å²) in [6.45, 7) is 6.47. The summed E-state index contributed by atoms with van der Waals surface area (Å²) in [6.07, 6.45) is 2.98. The molecular formula is C13H19N3O2. The smallest absolute Gasteiger partial charge is 0.253 e. The molecule has 0 unspecified atom stereocenters. The Labute approximate surface area is 107 Å². The molecule has 3 rings (SSSR count). The third-order valence-electron chi connectivity index (χ3n) is 3.73. The van der Waals surface area contributed by atoms with Crippen LogP contribution in [0.2, 0.25) is 0 Å². The molecule has 2 aliphatic rings. The van der Waals surface area contributed by atoms with Crippen LogP contribution in [0.1, 0.15) is 16.1 Å². The van der Waals surface area contributed by atoms with Crippen LogP contribution < -0.4 is 5.32 Å². The lowest BCUT2D eigenvalue weighted by Gasteiger charge is -2.27. The van der Waals surface area contributed by atoms with Crippen molar-refractivity contribution in [1.29, 1.82) is 0 Å². The maximum atomic E-state index is 11.7. The number of amides is 1. The number of morpholine rings is 1. The highest BCUT2D eigenvalue weighted by Crippen LogP contribution is 2.15. The van der Waals surface area contributed by atoms with Gasteiger partial charge >= 0.3 is 0 Å². The molecule has 0 bridgehead atoms. The summed E-state index contributed by atoms with van der Waals surface area (Å²) in [7, 11) is 0. The molecule has 5 nitrogen and oxygen atoms in total. The fourth-order valence-corrected chi connectivity index (χ4v) is 2.66. The standard InChI is InChI=1S/C13H19N3O2/c17-13-11-2-4-16(12(11)1-3-14-13)6-5-15-7-9-18-10-8-15/h2,4H,1,3,5-10H2,(H,14,17). The number of ether oxygens (including phenoxy) is 1. The van der Waals surface area contributed by atoms with Gasteiger partial charge in [-0.25, -0.2) is 0 Å². The summed E-state index contributed by atoms with van der Waals surface area (Å²) in [4.78, 5) is 14.1. The van der Waals surface area contributed by atoms with Crippen LogP contribution in [0.3, 0.4) is 0 Å². The second kappa shape index (κ2) is 5.12. The van der Waals surface area contributed by atoms with Crippen molar-refractivity contribution in [1.82, 2.24) is 14.8 Å². The summed E-state index contributed by atoms with van der Waals surface area (Å²) >= 11 is 0. The fourth-order valence-electron chi connectivity index (χ4n) is 2.66. The minimum atomic E-state index is 0.0707. The van der Waals surface area contributed by atoms with Crippen LogP contribution in [0.15, 0.2) is 12.3 Å². The summed E-state index contributed by atoms with van der Waals surface area (Å²) in [5.41, 5.74) is 2.04. The van der Waals surface area contributed by atoms with Gasteiger partial charge in [-0.05, 0) is 6.07 Å². The second-order valence-electron chi connectivity index (χ2n) is 4.83. The van der Waals surface area contributed by atoms with E-state index in [0.717, 1.165) is 57.9 Å². The fraction of sp³-hybridized carbons (Fsp3) is 0.615. The predicted octanol–water partition coefficient (Wildman–Crippen LogP) is 0.106. The summed E-state index contributed by atoms with van der Waals surface area (Å²) in [6, 6.07) is 1.93. The maximum absolute atomic E-state index is 11.7. The van der Waals surface area contributed by atoms with Crippen LogP contribution in [0.25, 0.3) is 0 Å². The molecule has 3 heterocycles. The van der Waals surface area contributed by atoms with E-state index in [1.54, 1.807) is 0 Å². The van der Waals surface area contributed by atoms with Crippen molar-refractivity contribution in [3.05, 3.63) is 23.5 Å². The van der Waals surface area contributed by atoms with Gasteiger partial charge in [-0.15, -0.1) is 0 Å². The molecule has 0 aromatic carbocycles. The predicted molar refractivity (Wildman–Crippen MR) is 67.7 cm³/mol. The van der Waals surface area contributed by atoms with Gasteiger partial charge in [0.25, 0.3) is 5.91 Å². The number of rotatable bonds is 3. The Kier molecular flexibility index (Phi) is 3.34. The van der Waals surface area contributed by atoms with Gasteiger partial charge in [0.2, 0.25) is 0 Å². The highest BCUT2D eigenvalue weighted by Gasteiger charge is 2.20. The zero-order valence-electron chi connectivity index (χ0n) is 10.5. The molecule has 1 aromatic rings. The van der Waals surface area contributed by atoms with Crippen LogP contribution in [0.5, 0.6) is 0 Å². The Bertz CT molecular complexity index is 435. The number of carbonyl (C=O) groups excluding carboxylic acids is 1. The highest BCUT2D eigenvalue weighted by atomic mass is 16.5. The molecule has 5 heteroatoms. The van der Waals surface area contributed by atoms with Crippen molar-refractivity contribution in [3.63, 3.8) is 0 Å². The molecule has 0 radical (unpaired) electrons. The summed E-state index contributed by atoms with van der Waals surface area (Å²) < 4.78 is 7.57. The van der Waals surface area contributed by atoms with E-state index in [-0.39, 0.29) is 5.91 Å². The van der Waals surface area contributed by atoms with Crippen molar-refractivity contribution >= 4 is 5.91 Å². The third kappa shape index (κ3) is 2.28. The van der Waals surface area contributed by atoms with Gasteiger partial charge in [0.1, 0.15) is 0 Å². The van der Waals surface area contributed by atoms with Crippen molar-refractivity contribution in [2.45, 2.75) is 13.0 Å². The zero-order chi connectivity index (χ0) is 12.4. The Morgan fingerprint density at radius 1 is 1.28 bits per heavy atom. The number of hydrogen-bond donors (Lipinski definition) is 1. The van der Waals surface area contributed by atoms with E-state index in [1.165, 1.54) is 5.69 Å². The molecule has 18 heavy (non-hydrogen) atoms. The monoisotopic (exact) mass is 249 g/mol. The number of hydrogen-bond acceptors (Lipinski definition) is 3. The number of fused-ring (bicyclic) bond motifs is 1. The molecule has 98 valence electrons. The quantitative estimate of drug-likeness (QED) is 0.827. The van der Waals surface area contributed by atoms with Crippen LogP contribution in [0, 0.1) is 0 Å². The molecule has 0 saturated carbocycles. The molecule has 1 amide bonds. The Hall–Kier alpha value is -1.33. The van der Waals surface area contributed by atoms with E-state index in [0.29, 0.717) is 0 Å². The van der Waals surface area contributed by atoms with Crippen molar-refractivity contribution < 1.29 is 9.53 Å². The zero-order valence-corrected chi connectivity index (χ0v) is 10.5. The second-order valence-corrected chi connectivity index (χ2v) is 4.83. The molecule has 2 aliphatic heterocycles. The van der Waals surface area contributed by atoms with E-state index in [4.69, 9.17) is 4.74 Å². The first-order valence-corrected chi connectivity index (χ1v) is 6.61. The normalized spacial score (nSPS) is 20.6. The molecule has 1 aromatic heterocycles. The topological polar surface area (TPSA) is 46.5 Å². The van der Waals surface area contributed by atoms with Gasteiger partial charge in [0.05, 0.1) is 18.8 Å². The van der Waals surface area contributed by atoms with Gasteiger partial charge in [-0.1, -0.05) is 0 Å². The molecule has 1 saturated heterocycles. The minimum Gasteiger partial charge on any atom is -0.379 e. The van der Waals surface area contributed by atoms with Crippen molar-refractivity contribution in [2.24, 2.45) is 0 Å². The number of nitrogens with zero attached hydrogens (tertiary/aromatic N) is 2. The average molecular weight is 249 g/mol. The lowest BCUT2D eigenvalue weighted by Crippen LogP contribution is -2.38. The van der Waals surface area contributed by atoms with E-state index < -0.39 is 0 Å². The van der Waals surface area contributed by atoms with Crippen molar-refractivity contribution in [2.75, 3.05) is 39.4 Å². The molecule has 1 fully saturated rings. The van der Waals surface area contributed by atoms with Gasteiger partial charge in [0.15, 0.2) is 0 Å². The van der Waals surface area contributed by atoms with Gasteiger partial charge in [0, 0.05) is 51.0 Å². The minimum absolute atomic E-state index is 0.0707. The van der Waals surface area contributed by atoms with Crippen molar-refractivity contribution in [3.8, 4) is 0 Å². The Balaban J connectivity index is 1.64.